The summed E-state index contributed by atoms with van der Waals surface area (Å²) in [6, 6.07) is 8.05. The molecule has 1 saturated heterocycles. The second kappa shape index (κ2) is 6.88. The number of nitrogens with one attached hydrogen (secondary N) is 2. The van der Waals surface area contributed by atoms with E-state index < -0.39 is 0 Å². The molecule has 1 aromatic rings. The number of benzene rings is 1. The molecule has 2 N–H and O–H groups in total. The van der Waals surface area contributed by atoms with Crippen molar-refractivity contribution in [2.45, 2.75) is 44.8 Å². The lowest BCUT2D eigenvalue weighted by atomic mass is 9.89. The van der Waals surface area contributed by atoms with Crippen LogP contribution < -0.4 is 15.4 Å². The van der Waals surface area contributed by atoms with Gasteiger partial charge in [0.05, 0.1) is 12.0 Å². The summed E-state index contributed by atoms with van der Waals surface area (Å²) in [4.78, 5) is 12.5. The maximum Gasteiger partial charge on any atom is 0.224 e. The van der Waals surface area contributed by atoms with Gasteiger partial charge in [0, 0.05) is 18.5 Å². The Morgan fingerprint density at radius 3 is 2.86 bits per heavy atom. The molecule has 122 valence electrons. The molecule has 0 bridgehead atoms. The molecule has 0 radical (unpaired) electrons. The Balaban J connectivity index is 0.00000176. The number of carbonyl (C=O) groups is 1. The number of fused-ring (bicyclic) bond motifs is 1. The number of piperidine rings is 1. The number of hydrogen-bond donors (Lipinski definition) is 2. The van der Waals surface area contributed by atoms with E-state index in [0.29, 0.717) is 0 Å². The third-order valence-electron chi connectivity index (χ3n) is 4.36. The van der Waals surface area contributed by atoms with Crippen LogP contribution in [0.3, 0.4) is 0 Å². The highest BCUT2D eigenvalue weighted by Crippen LogP contribution is 2.39. The maximum atomic E-state index is 12.5. The van der Waals surface area contributed by atoms with E-state index in [1.165, 1.54) is 0 Å². The molecule has 2 aliphatic rings. The fourth-order valence-electron chi connectivity index (χ4n) is 3.30. The van der Waals surface area contributed by atoms with Crippen molar-refractivity contribution in [1.29, 1.82) is 0 Å². The van der Waals surface area contributed by atoms with Crippen LogP contribution >= 0.6 is 12.4 Å². The van der Waals surface area contributed by atoms with Crippen molar-refractivity contribution in [1.82, 2.24) is 10.6 Å². The van der Waals surface area contributed by atoms with E-state index in [1.807, 2.05) is 18.2 Å². The smallest absolute Gasteiger partial charge is 0.224 e. The molecule has 1 amide bonds. The molecule has 2 unspecified atom stereocenters. The summed E-state index contributed by atoms with van der Waals surface area (Å²) in [7, 11) is 0. The molecular weight excluding hydrogens is 300 g/mol. The first-order valence-corrected chi connectivity index (χ1v) is 7.84. The summed E-state index contributed by atoms with van der Waals surface area (Å²) in [5, 5.41) is 6.54. The van der Waals surface area contributed by atoms with Gasteiger partial charge >= 0.3 is 0 Å². The monoisotopic (exact) mass is 324 g/mol. The Morgan fingerprint density at radius 1 is 1.36 bits per heavy atom. The highest BCUT2D eigenvalue weighted by molar-refractivity contribution is 5.85. The summed E-state index contributed by atoms with van der Waals surface area (Å²) in [5.74, 6) is 1.15. The summed E-state index contributed by atoms with van der Waals surface area (Å²) >= 11 is 0. The van der Waals surface area contributed by atoms with Gasteiger partial charge in [-0.15, -0.1) is 12.4 Å². The summed E-state index contributed by atoms with van der Waals surface area (Å²) in [6.45, 7) is 5.96. The molecule has 0 saturated carbocycles. The largest absolute Gasteiger partial charge is 0.487 e. The number of rotatable bonds is 2. The van der Waals surface area contributed by atoms with E-state index in [9.17, 15) is 4.79 Å². The first-order chi connectivity index (χ1) is 10.1. The summed E-state index contributed by atoms with van der Waals surface area (Å²) < 4.78 is 6.01. The molecule has 3 rings (SSSR count). The second-order valence-corrected chi connectivity index (χ2v) is 6.71. The Hall–Kier alpha value is -1.26. The van der Waals surface area contributed by atoms with Crippen LogP contribution in [-0.4, -0.2) is 24.6 Å². The molecule has 5 heteroatoms. The molecule has 2 heterocycles. The van der Waals surface area contributed by atoms with E-state index in [0.717, 1.165) is 43.7 Å². The van der Waals surface area contributed by atoms with Gasteiger partial charge in [0.2, 0.25) is 5.91 Å². The minimum atomic E-state index is -0.253. The van der Waals surface area contributed by atoms with Crippen molar-refractivity contribution < 1.29 is 9.53 Å². The number of para-hydroxylation sites is 1. The van der Waals surface area contributed by atoms with Crippen molar-refractivity contribution in [2.75, 3.05) is 13.1 Å². The van der Waals surface area contributed by atoms with Gasteiger partial charge in [-0.05, 0) is 39.3 Å². The Labute approximate surface area is 138 Å². The van der Waals surface area contributed by atoms with Crippen molar-refractivity contribution >= 4 is 18.3 Å². The van der Waals surface area contributed by atoms with Crippen molar-refractivity contribution in [3.63, 3.8) is 0 Å². The van der Waals surface area contributed by atoms with E-state index in [1.54, 1.807) is 0 Å². The highest BCUT2D eigenvalue weighted by Gasteiger charge is 2.35. The van der Waals surface area contributed by atoms with Gasteiger partial charge in [0.1, 0.15) is 11.4 Å². The minimum absolute atomic E-state index is 0. The molecule has 2 atom stereocenters. The van der Waals surface area contributed by atoms with Crippen LogP contribution in [0, 0.1) is 5.92 Å². The Morgan fingerprint density at radius 2 is 2.14 bits per heavy atom. The Bertz CT molecular complexity index is 527. The predicted octanol–water partition coefficient (Wildman–Crippen LogP) is 2.83. The van der Waals surface area contributed by atoms with E-state index >= 15 is 0 Å². The van der Waals surface area contributed by atoms with E-state index in [-0.39, 0.29) is 35.9 Å². The van der Waals surface area contributed by atoms with Crippen LogP contribution in [0.1, 0.15) is 44.7 Å². The van der Waals surface area contributed by atoms with Crippen LogP contribution in [0.4, 0.5) is 0 Å². The fraction of sp³-hybridized carbons (Fsp3) is 0.588. The zero-order chi connectivity index (χ0) is 14.9. The van der Waals surface area contributed by atoms with Crippen LogP contribution in [0.15, 0.2) is 24.3 Å². The average Bonchev–Trinajstić information content (AvgIpc) is 2.47. The molecule has 22 heavy (non-hydrogen) atoms. The fourth-order valence-corrected chi connectivity index (χ4v) is 3.30. The number of hydrogen-bond acceptors (Lipinski definition) is 3. The quantitative estimate of drug-likeness (QED) is 0.879. The third kappa shape index (κ3) is 3.73. The highest BCUT2D eigenvalue weighted by atomic mass is 35.5. The lowest BCUT2D eigenvalue weighted by Crippen LogP contribution is -2.45. The predicted molar refractivity (Wildman–Crippen MR) is 89.5 cm³/mol. The van der Waals surface area contributed by atoms with Gasteiger partial charge in [-0.1, -0.05) is 18.2 Å². The van der Waals surface area contributed by atoms with Crippen LogP contribution in [0.5, 0.6) is 5.75 Å². The van der Waals surface area contributed by atoms with Crippen LogP contribution in [0.2, 0.25) is 0 Å². The van der Waals surface area contributed by atoms with Gasteiger partial charge in [-0.2, -0.15) is 0 Å². The van der Waals surface area contributed by atoms with Crippen molar-refractivity contribution in [3.8, 4) is 5.75 Å². The van der Waals surface area contributed by atoms with Crippen molar-refractivity contribution in [2.24, 2.45) is 5.92 Å². The topological polar surface area (TPSA) is 50.4 Å². The summed E-state index contributed by atoms with van der Waals surface area (Å²) in [6.07, 6.45) is 2.86. The zero-order valence-electron chi connectivity index (χ0n) is 13.2. The molecule has 0 aromatic heterocycles. The Kier molecular flexibility index (Phi) is 5.35. The molecule has 1 fully saturated rings. The van der Waals surface area contributed by atoms with Gasteiger partial charge < -0.3 is 15.4 Å². The van der Waals surface area contributed by atoms with Crippen molar-refractivity contribution in [3.05, 3.63) is 29.8 Å². The van der Waals surface area contributed by atoms with E-state index in [2.05, 4.69) is 30.5 Å². The number of carbonyl (C=O) groups excluding carboxylic acids is 1. The summed E-state index contributed by atoms with van der Waals surface area (Å²) in [5.41, 5.74) is 0.839. The van der Waals surface area contributed by atoms with Crippen LogP contribution in [0.25, 0.3) is 0 Å². The van der Waals surface area contributed by atoms with Crippen LogP contribution in [-0.2, 0) is 4.79 Å². The maximum absolute atomic E-state index is 12.5. The molecule has 2 aliphatic heterocycles. The molecular formula is C17H25ClN2O2. The molecule has 1 aromatic carbocycles. The van der Waals surface area contributed by atoms with Gasteiger partial charge in [-0.3, -0.25) is 4.79 Å². The molecule has 0 aliphatic carbocycles. The van der Waals surface area contributed by atoms with Gasteiger partial charge in [-0.25, -0.2) is 0 Å². The minimum Gasteiger partial charge on any atom is -0.487 e. The second-order valence-electron chi connectivity index (χ2n) is 6.71. The standard InChI is InChI=1S/C17H24N2O2.ClH/c1-17(2)10-14(13-7-3-4-8-15(13)21-17)19-16(20)12-6-5-9-18-11-12;/h3-4,7-8,12,14,18H,5-6,9-11H2,1-2H3,(H,19,20);1H. The number of halogens is 1. The number of amides is 1. The molecule has 4 nitrogen and oxygen atoms in total. The molecule has 0 spiro atoms. The third-order valence-corrected chi connectivity index (χ3v) is 4.36. The zero-order valence-corrected chi connectivity index (χ0v) is 14.0. The SMILES string of the molecule is CC1(C)CC(NC(=O)C2CCCNC2)c2ccccc2O1.Cl. The average molecular weight is 325 g/mol. The lowest BCUT2D eigenvalue weighted by molar-refractivity contribution is -0.126. The normalized spacial score (nSPS) is 26.1. The first kappa shape index (κ1) is 17.1. The first-order valence-electron chi connectivity index (χ1n) is 7.84. The van der Waals surface area contributed by atoms with Gasteiger partial charge in [0.15, 0.2) is 0 Å². The van der Waals surface area contributed by atoms with E-state index in [4.69, 9.17) is 4.74 Å². The van der Waals surface area contributed by atoms with Gasteiger partial charge in [0.25, 0.3) is 0 Å². The lowest BCUT2D eigenvalue weighted by Gasteiger charge is -2.38. The number of ether oxygens (including phenoxy) is 1.